The monoisotopic (exact) mass is 416 g/mol. The maximum absolute atomic E-state index is 12.1. The fourth-order valence-corrected chi connectivity index (χ4v) is 3.18. The average Bonchev–Trinajstić information content (AvgIpc) is 3.15. The van der Waals surface area contributed by atoms with Crippen molar-refractivity contribution in [2.24, 2.45) is 0 Å². The second-order valence-corrected chi connectivity index (χ2v) is 7.16. The van der Waals surface area contributed by atoms with Gasteiger partial charge in [0.25, 0.3) is 0 Å². The molecule has 0 aliphatic heterocycles. The third-order valence-electron chi connectivity index (χ3n) is 3.79. The van der Waals surface area contributed by atoms with E-state index < -0.39 is 0 Å². The molecule has 2 aromatic carbocycles. The number of hydrogen-bond donors (Lipinski definition) is 2. The van der Waals surface area contributed by atoms with Crippen molar-refractivity contribution in [2.45, 2.75) is 12.1 Å². The summed E-state index contributed by atoms with van der Waals surface area (Å²) in [7, 11) is 1.56. The number of methoxy groups -OCH3 is 1. The lowest BCUT2D eigenvalue weighted by molar-refractivity contribution is -0.113. The quantitative estimate of drug-likeness (QED) is 0.445. The number of Topliss-reactive ketones (excluding diaryl/α,β-unsaturated/α-hetero) is 1. The molecule has 2 N–H and O–H groups in total. The van der Waals surface area contributed by atoms with Crippen LogP contribution in [-0.2, 0) is 4.79 Å². The highest BCUT2D eigenvalue weighted by molar-refractivity contribution is 7.99. The Morgan fingerprint density at radius 2 is 1.96 bits per heavy atom. The fraction of sp³-hybridized carbons (Fsp3) is 0.158. The number of ketones is 1. The van der Waals surface area contributed by atoms with Crippen molar-refractivity contribution in [3.63, 3.8) is 0 Å². The molecule has 0 aliphatic carbocycles. The van der Waals surface area contributed by atoms with Gasteiger partial charge in [-0.1, -0.05) is 23.4 Å². The smallest absolute Gasteiger partial charge is 0.234 e. The van der Waals surface area contributed by atoms with E-state index in [4.69, 9.17) is 16.3 Å². The number of amides is 1. The summed E-state index contributed by atoms with van der Waals surface area (Å²) in [6, 6.07) is 11.9. The SMILES string of the molecule is COc1ccc(Cl)cc1-c1nc(SCC(=O)Nc2ccc(C(C)=O)cc2)n[nH]1. The van der Waals surface area contributed by atoms with Crippen LogP contribution >= 0.6 is 23.4 Å². The molecule has 1 amide bonds. The molecule has 0 aliphatic rings. The Kier molecular flexibility index (Phi) is 6.33. The Labute approximate surface area is 170 Å². The summed E-state index contributed by atoms with van der Waals surface area (Å²) in [4.78, 5) is 27.8. The number of aromatic nitrogens is 3. The van der Waals surface area contributed by atoms with Crippen LogP contribution in [0.15, 0.2) is 47.6 Å². The second kappa shape index (κ2) is 8.90. The third kappa shape index (κ3) is 4.90. The maximum Gasteiger partial charge on any atom is 0.234 e. The lowest BCUT2D eigenvalue weighted by atomic mass is 10.1. The van der Waals surface area contributed by atoms with E-state index in [2.05, 4.69) is 20.5 Å². The standard InChI is InChI=1S/C19H17ClN4O3S/c1-11(25)12-3-6-14(7-4-12)21-17(26)10-28-19-22-18(23-24-19)15-9-13(20)5-8-16(15)27-2/h3-9H,10H2,1-2H3,(H,21,26)(H,22,23,24). The van der Waals surface area contributed by atoms with Crippen molar-refractivity contribution in [2.75, 3.05) is 18.2 Å². The first-order valence-electron chi connectivity index (χ1n) is 8.26. The van der Waals surface area contributed by atoms with Gasteiger partial charge < -0.3 is 10.1 Å². The Hall–Kier alpha value is -2.84. The van der Waals surface area contributed by atoms with Gasteiger partial charge in [0.2, 0.25) is 11.1 Å². The zero-order valence-electron chi connectivity index (χ0n) is 15.2. The van der Waals surface area contributed by atoms with Gasteiger partial charge in [0.05, 0.1) is 18.4 Å². The normalized spacial score (nSPS) is 10.5. The van der Waals surface area contributed by atoms with Crippen molar-refractivity contribution < 1.29 is 14.3 Å². The summed E-state index contributed by atoms with van der Waals surface area (Å²) in [6.45, 7) is 1.49. The second-order valence-electron chi connectivity index (χ2n) is 5.78. The predicted octanol–water partition coefficient (Wildman–Crippen LogP) is 4.07. The number of benzene rings is 2. The Bertz CT molecular complexity index is 1000. The van der Waals surface area contributed by atoms with Gasteiger partial charge in [-0.2, -0.15) is 0 Å². The first-order valence-corrected chi connectivity index (χ1v) is 9.62. The van der Waals surface area contributed by atoms with E-state index in [-0.39, 0.29) is 17.4 Å². The molecule has 1 aromatic heterocycles. The number of anilines is 1. The van der Waals surface area contributed by atoms with Crippen LogP contribution in [0.3, 0.4) is 0 Å². The maximum atomic E-state index is 12.1. The average molecular weight is 417 g/mol. The number of aromatic amines is 1. The van der Waals surface area contributed by atoms with Crippen LogP contribution < -0.4 is 10.1 Å². The summed E-state index contributed by atoms with van der Waals surface area (Å²) in [5.74, 6) is 1.03. The molecule has 0 radical (unpaired) electrons. The van der Waals surface area contributed by atoms with Crippen molar-refractivity contribution >= 4 is 40.7 Å². The van der Waals surface area contributed by atoms with E-state index in [9.17, 15) is 9.59 Å². The molecule has 0 bridgehead atoms. The van der Waals surface area contributed by atoms with Crippen molar-refractivity contribution in [3.8, 4) is 17.1 Å². The molecular formula is C19H17ClN4O3S. The minimum atomic E-state index is -0.202. The highest BCUT2D eigenvalue weighted by Gasteiger charge is 2.13. The summed E-state index contributed by atoms with van der Waals surface area (Å²) >= 11 is 7.24. The van der Waals surface area contributed by atoms with Gasteiger partial charge in [0, 0.05) is 16.3 Å². The molecule has 0 saturated heterocycles. The van der Waals surface area contributed by atoms with Gasteiger partial charge in [0.1, 0.15) is 5.75 Å². The van der Waals surface area contributed by atoms with E-state index in [0.29, 0.717) is 38.6 Å². The molecular weight excluding hydrogens is 400 g/mol. The fourth-order valence-electron chi connectivity index (χ4n) is 2.41. The van der Waals surface area contributed by atoms with Gasteiger partial charge in [-0.3, -0.25) is 14.7 Å². The summed E-state index contributed by atoms with van der Waals surface area (Å²) < 4.78 is 5.31. The first-order chi connectivity index (χ1) is 13.5. The lowest BCUT2D eigenvalue weighted by Crippen LogP contribution is -2.14. The number of carbonyl (C=O) groups excluding carboxylic acids is 2. The Morgan fingerprint density at radius 3 is 2.64 bits per heavy atom. The lowest BCUT2D eigenvalue weighted by Gasteiger charge is -2.05. The first kappa shape index (κ1) is 19.9. The molecule has 144 valence electrons. The molecule has 0 spiro atoms. The minimum absolute atomic E-state index is 0.0230. The van der Waals surface area contributed by atoms with Gasteiger partial charge in [-0.05, 0) is 49.4 Å². The number of ether oxygens (including phenoxy) is 1. The van der Waals surface area contributed by atoms with Crippen LogP contribution in [0.4, 0.5) is 5.69 Å². The molecule has 3 rings (SSSR count). The van der Waals surface area contributed by atoms with E-state index in [1.807, 2.05) is 0 Å². The van der Waals surface area contributed by atoms with Crippen LogP contribution in [0.1, 0.15) is 17.3 Å². The molecule has 9 heteroatoms. The number of hydrogen-bond acceptors (Lipinski definition) is 6. The van der Waals surface area contributed by atoms with Gasteiger partial charge in [-0.25, -0.2) is 4.98 Å². The molecule has 7 nitrogen and oxygen atoms in total. The molecule has 0 saturated carbocycles. The summed E-state index contributed by atoms with van der Waals surface area (Å²) in [5, 5.41) is 10.7. The van der Waals surface area contributed by atoms with Crippen molar-refractivity contribution in [1.82, 2.24) is 15.2 Å². The number of carbonyl (C=O) groups is 2. The third-order valence-corrected chi connectivity index (χ3v) is 4.87. The van der Waals surface area contributed by atoms with Crippen molar-refractivity contribution in [3.05, 3.63) is 53.1 Å². The van der Waals surface area contributed by atoms with Crippen LogP contribution in [0, 0.1) is 0 Å². The highest BCUT2D eigenvalue weighted by atomic mass is 35.5. The summed E-state index contributed by atoms with van der Waals surface area (Å²) in [6.07, 6.45) is 0. The van der Waals surface area contributed by atoms with Crippen LogP contribution in [0.25, 0.3) is 11.4 Å². The van der Waals surface area contributed by atoms with E-state index in [0.717, 1.165) is 0 Å². The molecule has 0 atom stereocenters. The number of halogens is 1. The van der Waals surface area contributed by atoms with E-state index in [1.54, 1.807) is 49.6 Å². The van der Waals surface area contributed by atoms with Gasteiger partial charge in [-0.15, -0.1) is 5.10 Å². The molecule has 3 aromatic rings. The molecule has 0 fully saturated rings. The topological polar surface area (TPSA) is 97.0 Å². The largest absolute Gasteiger partial charge is 0.496 e. The molecule has 28 heavy (non-hydrogen) atoms. The van der Waals surface area contributed by atoms with Crippen molar-refractivity contribution in [1.29, 1.82) is 0 Å². The molecule has 0 unspecified atom stereocenters. The van der Waals surface area contributed by atoms with Crippen LogP contribution in [0.2, 0.25) is 5.02 Å². The summed E-state index contributed by atoms with van der Waals surface area (Å²) in [5.41, 5.74) is 1.90. The molecule has 1 heterocycles. The number of rotatable bonds is 7. The highest BCUT2D eigenvalue weighted by Crippen LogP contribution is 2.31. The zero-order chi connectivity index (χ0) is 20.1. The zero-order valence-corrected chi connectivity index (χ0v) is 16.7. The minimum Gasteiger partial charge on any atom is -0.496 e. The number of nitrogens with zero attached hydrogens (tertiary/aromatic N) is 2. The Balaban J connectivity index is 1.60. The van der Waals surface area contributed by atoms with Crippen LogP contribution in [-0.4, -0.2) is 39.7 Å². The van der Waals surface area contributed by atoms with Gasteiger partial charge >= 0.3 is 0 Å². The number of thioether (sulfide) groups is 1. The number of H-pyrrole nitrogens is 1. The number of nitrogens with one attached hydrogen (secondary N) is 2. The predicted molar refractivity (Wildman–Crippen MR) is 109 cm³/mol. The van der Waals surface area contributed by atoms with E-state index >= 15 is 0 Å². The van der Waals surface area contributed by atoms with Crippen LogP contribution in [0.5, 0.6) is 5.75 Å². The Morgan fingerprint density at radius 1 is 1.21 bits per heavy atom. The van der Waals surface area contributed by atoms with E-state index in [1.165, 1.54) is 18.7 Å². The van der Waals surface area contributed by atoms with Gasteiger partial charge in [0.15, 0.2) is 11.6 Å².